The molecule has 1 aromatic carbocycles. The van der Waals surface area contributed by atoms with Gasteiger partial charge in [-0.05, 0) is 62.9 Å². The number of carbonyl (C=O) groups excluding carboxylic acids is 1. The highest BCUT2D eigenvalue weighted by Crippen LogP contribution is 2.30. The molecule has 1 atom stereocenters. The van der Waals surface area contributed by atoms with Gasteiger partial charge in [-0.1, -0.05) is 12.2 Å². The molecule has 1 heterocycles. The standard InChI is InChI=1S/C23H29N3O3/c1-15(24)21(22(27)17-9-11-20(28-3)12-10-17)26-23(18-6-4-7-18)29-16(2)19-8-5-13-25-14-19/h5,8-12,14,16,25-26H,4,6-7,13,24H2,1-3H3. The Morgan fingerprint density at radius 1 is 1.24 bits per heavy atom. The Balaban J connectivity index is 1.80. The lowest BCUT2D eigenvalue weighted by Crippen LogP contribution is -2.30. The van der Waals surface area contributed by atoms with Gasteiger partial charge in [0, 0.05) is 29.6 Å². The summed E-state index contributed by atoms with van der Waals surface area (Å²) in [4.78, 5) is 13.1. The first-order valence-corrected chi connectivity index (χ1v) is 9.90. The van der Waals surface area contributed by atoms with Gasteiger partial charge in [-0.2, -0.15) is 0 Å². The smallest absolute Gasteiger partial charge is 0.211 e. The summed E-state index contributed by atoms with van der Waals surface area (Å²) in [7, 11) is 1.59. The van der Waals surface area contributed by atoms with Gasteiger partial charge >= 0.3 is 0 Å². The van der Waals surface area contributed by atoms with Crippen LogP contribution in [0.5, 0.6) is 5.75 Å². The van der Waals surface area contributed by atoms with Gasteiger partial charge in [-0.15, -0.1) is 0 Å². The summed E-state index contributed by atoms with van der Waals surface area (Å²) in [6.07, 6.45) is 8.94. The lowest BCUT2D eigenvalue weighted by molar-refractivity contribution is 0.100. The van der Waals surface area contributed by atoms with E-state index in [-0.39, 0.29) is 11.9 Å². The number of rotatable bonds is 8. The number of methoxy groups -OCH3 is 1. The third-order valence-electron chi connectivity index (χ3n) is 5.07. The molecule has 1 saturated carbocycles. The van der Waals surface area contributed by atoms with E-state index < -0.39 is 0 Å². The number of hydrogen-bond donors (Lipinski definition) is 3. The number of dihydropyridines is 1. The molecular weight excluding hydrogens is 366 g/mol. The van der Waals surface area contributed by atoms with Gasteiger partial charge in [-0.3, -0.25) is 4.79 Å². The Hall–Kier alpha value is -3.15. The highest BCUT2D eigenvalue weighted by molar-refractivity contribution is 6.08. The molecule has 29 heavy (non-hydrogen) atoms. The molecule has 154 valence electrons. The molecule has 6 nitrogen and oxygen atoms in total. The third kappa shape index (κ3) is 5.02. The first kappa shape index (κ1) is 20.6. The van der Waals surface area contributed by atoms with Crippen LogP contribution >= 0.6 is 0 Å². The maximum atomic E-state index is 13.1. The summed E-state index contributed by atoms with van der Waals surface area (Å²) in [5, 5.41) is 6.41. The lowest BCUT2D eigenvalue weighted by atomic mass is 9.92. The highest BCUT2D eigenvalue weighted by atomic mass is 16.5. The number of benzene rings is 1. The van der Waals surface area contributed by atoms with E-state index >= 15 is 0 Å². The fourth-order valence-corrected chi connectivity index (χ4v) is 3.10. The van der Waals surface area contributed by atoms with Gasteiger partial charge < -0.3 is 25.8 Å². The van der Waals surface area contributed by atoms with Gasteiger partial charge in [-0.25, -0.2) is 0 Å². The summed E-state index contributed by atoms with van der Waals surface area (Å²) in [6, 6.07) is 6.98. The molecule has 2 aliphatic rings. The van der Waals surface area contributed by atoms with Crippen LogP contribution in [0.15, 0.2) is 71.0 Å². The van der Waals surface area contributed by atoms with Crippen LogP contribution in [-0.2, 0) is 4.74 Å². The van der Waals surface area contributed by atoms with E-state index in [1.54, 1.807) is 38.3 Å². The summed E-state index contributed by atoms with van der Waals surface area (Å²) in [5.74, 6) is 1.14. The average molecular weight is 396 g/mol. The molecule has 1 aliphatic carbocycles. The van der Waals surface area contributed by atoms with Gasteiger partial charge in [0.1, 0.15) is 17.6 Å². The third-order valence-corrected chi connectivity index (χ3v) is 5.07. The van der Waals surface area contributed by atoms with Crippen LogP contribution in [0.3, 0.4) is 0 Å². The first-order valence-electron chi connectivity index (χ1n) is 9.90. The maximum absolute atomic E-state index is 13.1. The van der Waals surface area contributed by atoms with Crippen LogP contribution in [0.1, 0.15) is 43.5 Å². The molecule has 3 rings (SSSR count). The summed E-state index contributed by atoms with van der Waals surface area (Å²) < 4.78 is 11.4. The van der Waals surface area contributed by atoms with E-state index in [1.165, 1.54) is 5.57 Å². The molecule has 0 spiro atoms. The quantitative estimate of drug-likeness (QED) is 0.355. The summed E-state index contributed by atoms with van der Waals surface area (Å²) in [5.41, 5.74) is 9.58. The molecule has 1 fully saturated rings. The molecule has 0 radical (unpaired) electrons. The Kier molecular flexibility index (Phi) is 6.65. The van der Waals surface area contributed by atoms with Crippen molar-refractivity contribution in [1.29, 1.82) is 0 Å². The Labute approximate surface area is 172 Å². The van der Waals surface area contributed by atoms with E-state index in [1.807, 2.05) is 13.1 Å². The van der Waals surface area contributed by atoms with Crippen LogP contribution in [0.2, 0.25) is 0 Å². The topological polar surface area (TPSA) is 85.6 Å². The van der Waals surface area contributed by atoms with E-state index in [0.717, 1.165) is 31.4 Å². The molecule has 0 amide bonds. The average Bonchev–Trinajstić information content (AvgIpc) is 2.70. The van der Waals surface area contributed by atoms with E-state index in [9.17, 15) is 4.79 Å². The van der Waals surface area contributed by atoms with Crippen LogP contribution in [0.4, 0.5) is 0 Å². The number of carbonyl (C=O) groups is 1. The van der Waals surface area contributed by atoms with Crippen LogP contribution in [0.25, 0.3) is 0 Å². The SMILES string of the molecule is COc1ccc(C(=O)C(NC(OC(C)C2=CNCC=C2)=C2CCC2)=C(C)N)cc1. The molecule has 1 aliphatic heterocycles. The normalized spacial score (nSPS) is 17.2. The second-order valence-electron chi connectivity index (χ2n) is 7.24. The number of hydrogen-bond acceptors (Lipinski definition) is 6. The Bertz CT molecular complexity index is 869. The van der Waals surface area contributed by atoms with E-state index in [0.29, 0.717) is 28.6 Å². The van der Waals surface area contributed by atoms with Crippen LogP contribution in [0, 0.1) is 0 Å². The number of allylic oxidation sites excluding steroid dienone is 3. The lowest BCUT2D eigenvalue weighted by Gasteiger charge is -2.27. The highest BCUT2D eigenvalue weighted by Gasteiger charge is 2.23. The second-order valence-corrected chi connectivity index (χ2v) is 7.24. The van der Waals surface area contributed by atoms with E-state index in [4.69, 9.17) is 15.2 Å². The predicted molar refractivity (Wildman–Crippen MR) is 114 cm³/mol. The molecule has 4 N–H and O–H groups in total. The molecular formula is C23H29N3O3. The fraction of sp³-hybridized carbons (Fsp3) is 0.348. The number of ether oxygens (including phenoxy) is 2. The van der Waals surface area contributed by atoms with Crippen molar-refractivity contribution < 1.29 is 14.3 Å². The largest absolute Gasteiger partial charge is 0.497 e. The first-order chi connectivity index (χ1) is 14.0. The minimum atomic E-state index is -0.181. The monoisotopic (exact) mass is 395 g/mol. The number of nitrogens with one attached hydrogen (secondary N) is 2. The zero-order valence-electron chi connectivity index (χ0n) is 17.2. The zero-order valence-corrected chi connectivity index (χ0v) is 17.2. The predicted octanol–water partition coefficient (Wildman–Crippen LogP) is 3.50. The van der Waals surface area contributed by atoms with Crippen LogP contribution in [-0.4, -0.2) is 25.5 Å². The van der Waals surface area contributed by atoms with Crippen molar-refractivity contribution in [3.8, 4) is 5.75 Å². The van der Waals surface area contributed by atoms with Crippen molar-refractivity contribution in [3.05, 3.63) is 76.6 Å². The van der Waals surface area contributed by atoms with E-state index in [2.05, 4.69) is 22.8 Å². The van der Waals surface area contributed by atoms with Crippen molar-refractivity contribution in [3.63, 3.8) is 0 Å². The number of nitrogens with two attached hydrogens (primary N) is 1. The van der Waals surface area contributed by atoms with Gasteiger partial charge in [0.05, 0.1) is 7.11 Å². The molecule has 0 saturated heterocycles. The van der Waals surface area contributed by atoms with Crippen molar-refractivity contribution >= 4 is 5.78 Å². The molecule has 6 heteroatoms. The van der Waals surface area contributed by atoms with Crippen molar-refractivity contribution in [2.24, 2.45) is 5.73 Å². The molecule has 1 aromatic rings. The maximum Gasteiger partial charge on any atom is 0.211 e. The number of ketones is 1. The minimum Gasteiger partial charge on any atom is -0.497 e. The summed E-state index contributed by atoms with van der Waals surface area (Å²) in [6.45, 7) is 4.53. The molecule has 0 bridgehead atoms. The minimum absolute atomic E-state index is 0.162. The Morgan fingerprint density at radius 2 is 1.97 bits per heavy atom. The molecule has 1 unspecified atom stereocenters. The zero-order chi connectivity index (χ0) is 20.8. The summed E-state index contributed by atoms with van der Waals surface area (Å²) >= 11 is 0. The van der Waals surface area contributed by atoms with Gasteiger partial charge in [0.25, 0.3) is 0 Å². The van der Waals surface area contributed by atoms with Crippen molar-refractivity contribution in [1.82, 2.24) is 10.6 Å². The van der Waals surface area contributed by atoms with Crippen LogP contribution < -0.4 is 21.1 Å². The fourth-order valence-electron chi connectivity index (χ4n) is 3.10. The van der Waals surface area contributed by atoms with Gasteiger partial charge in [0.15, 0.2) is 5.88 Å². The molecule has 0 aromatic heterocycles. The second kappa shape index (κ2) is 9.37. The van der Waals surface area contributed by atoms with Crippen molar-refractivity contribution in [2.45, 2.75) is 39.2 Å². The van der Waals surface area contributed by atoms with Crippen molar-refractivity contribution in [2.75, 3.05) is 13.7 Å². The van der Waals surface area contributed by atoms with Gasteiger partial charge in [0.2, 0.25) is 5.78 Å². The number of Topliss-reactive ketones (excluding diaryl/α,β-unsaturated/α-hetero) is 1. The Morgan fingerprint density at radius 3 is 2.48 bits per heavy atom.